The summed E-state index contributed by atoms with van der Waals surface area (Å²) in [5.74, 6) is 0.934. The number of halogens is 1. The molecule has 0 radical (unpaired) electrons. The second kappa shape index (κ2) is 10.1. The molecule has 3 aliphatic rings. The molecule has 9 heteroatoms. The van der Waals surface area contributed by atoms with E-state index in [0.29, 0.717) is 16.7 Å². The smallest absolute Gasteiger partial charge is 0.410 e. The van der Waals surface area contributed by atoms with Crippen molar-refractivity contribution in [3.05, 3.63) is 41.1 Å². The van der Waals surface area contributed by atoms with Gasteiger partial charge in [0.2, 0.25) is 0 Å². The Balaban J connectivity index is 1.40. The van der Waals surface area contributed by atoms with Crippen LogP contribution >= 0.6 is 11.6 Å². The highest BCUT2D eigenvalue weighted by atomic mass is 35.5. The zero-order valence-corrected chi connectivity index (χ0v) is 22.9. The van der Waals surface area contributed by atoms with Gasteiger partial charge in [-0.25, -0.2) is 4.79 Å². The molecular formula is C28H35ClN4O4. The van der Waals surface area contributed by atoms with Gasteiger partial charge < -0.3 is 24.0 Å². The van der Waals surface area contributed by atoms with E-state index in [9.17, 15) is 4.79 Å². The number of fused-ring (bicyclic) bond motifs is 3. The first kappa shape index (κ1) is 25.8. The topological polar surface area (TPSA) is 77.0 Å². The standard InChI is InChI=1S/C28H35ClN4O4/c1-28(2,3)37-27(34)33-19-7-8-20(33)13-17(12-19)21-10-11-32(4)24-15-23(30-31-26(21)24)22-9-6-18(29)14-25(22)36-16-35-5/h6,9-10,14-15,17,19-20H,7-8,11-13,16H2,1-5H3/t17?,19-,20+. The molecule has 0 aliphatic carbocycles. The van der Waals surface area contributed by atoms with Gasteiger partial charge in [-0.2, -0.15) is 0 Å². The third-order valence-corrected chi connectivity index (χ3v) is 7.61. The van der Waals surface area contributed by atoms with Crippen LogP contribution in [0, 0.1) is 5.92 Å². The highest BCUT2D eigenvalue weighted by Gasteiger charge is 2.46. The number of carbonyl (C=O) groups is 1. The predicted octanol–water partition coefficient (Wildman–Crippen LogP) is 5.79. The monoisotopic (exact) mass is 526 g/mol. The Labute approximate surface area is 223 Å². The van der Waals surface area contributed by atoms with Crippen molar-refractivity contribution in [2.75, 3.05) is 32.4 Å². The molecule has 3 aliphatic heterocycles. The normalized spacial score (nSPS) is 23.0. The van der Waals surface area contributed by atoms with Crippen LogP contribution in [0.1, 0.15) is 52.1 Å². The van der Waals surface area contributed by atoms with Gasteiger partial charge in [0.15, 0.2) is 6.79 Å². The van der Waals surface area contributed by atoms with Gasteiger partial charge in [-0.05, 0) is 82.2 Å². The summed E-state index contributed by atoms with van der Waals surface area (Å²) in [7, 11) is 3.65. The van der Waals surface area contributed by atoms with Crippen molar-refractivity contribution in [1.82, 2.24) is 15.1 Å². The zero-order valence-electron chi connectivity index (χ0n) is 22.2. The van der Waals surface area contributed by atoms with E-state index >= 15 is 0 Å². The number of amides is 1. The summed E-state index contributed by atoms with van der Waals surface area (Å²) in [6, 6.07) is 7.95. The molecular weight excluding hydrogens is 492 g/mol. The minimum absolute atomic E-state index is 0.114. The summed E-state index contributed by atoms with van der Waals surface area (Å²) in [6.45, 7) is 6.67. The Bertz CT molecular complexity index is 1200. The fourth-order valence-corrected chi connectivity index (χ4v) is 5.96. The summed E-state index contributed by atoms with van der Waals surface area (Å²) in [4.78, 5) is 17.1. The maximum atomic E-state index is 12.9. The van der Waals surface area contributed by atoms with Crippen molar-refractivity contribution in [1.29, 1.82) is 0 Å². The Morgan fingerprint density at radius 3 is 2.54 bits per heavy atom. The van der Waals surface area contributed by atoms with Gasteiger partial charge in [0.1, 0.15) is 17.0 Å². The summed E-state index contributed by atoms with van der Waals surface area (Å²) in [6.07, 6.45) is 5.97. The quantitative estimate of drug-likeness (QED) is 0.456. The van der Waals surface area contributed by atoms with Gasteiger partial charge in [0.05, 0.1) is 11.4 Å². The van der Waals surface area contributed by atoms with Crippen LogP contribution in [0.5, 0.6) is 5.75 Å². The Morgan fingerprint density at radius 2 is 1.86 bits per heavy atom. The number of carbonyl (C=O) groups excluding carboxylic acids is 1. The number of allylic oxidation sites excluding steroid dienone is 1. The maximum absolute atomic E-state index is 12.9. The molecule has 0 saturated carbocycles. The van der Waals surface area contributed by atoms with Gasteiger partial charge in [0.25, 0.3) is 0 Å². The van der Waals surface area contributed by atoms with Crippen LogP contribution in [-0.2, 0) is 9.47 Å². The maximum Gasteiger partial charge on any atom is 0.410 e. The van der Waals surface area contributed by atoms with E-state index in [-0.39, 0.29) is 25.0 Å². The molecule has 2 aromatic rings. The molecule has 3 atom stereocenters. The first-order chi connectivity index (χ1) is 17.6. The average Bonchev–Trinajstić information content (AvgIpc) is 3.12. The van der Waals surface area contributed by atoms with Crippen molar-refractivity contribution in [2.45, 2.75) is 64.1 Å². The van der Waals surface area contributed by atoms with Gasteiger partial charge in [-0.15, -0.1) is 10.2 Å². The van der Waals surface area contributed by atoms with E-state index < -0.39 is 5.60 Å². The van der Waals surface area contributed by atoms with Crippen LogP contribution in [0.2, 0.25) is 5.02 Å². The van der Waals surface area contributed by atoms with Crippen LogP contribution in [0.15, 0.2) is 30.3 Å². The number of aromatic nitrogens is 2. The molecule has 2 fully saturated rings. The van der Waals surface area contributed by atoms with Gasteiger partial charge in [0, 0.05) is 43.4 Å². The fraction of sp³-hybridized carbons (Fsp3) is 0.536. The van der Waals surface area contributed by atoms with Crippen LogP contribution in [0.4, 0.5) is 10.5 Å². The number of ether oxygens (including phenoxy) is 3. The molecule has 1 aromatic carbocycles. The van der Waals surface area contributed by atoms with Crippen molar-refractivity contribution >= 4 is 29.0 Å². The van der Waals surface area contributed by atoms with Crippen LogP contribution in [0.3, 0.4) is 0 Å². The molecule has 5 rings (SSSR count). The number of hydrogen-bond donors (Lipinski definition) is 0. The first-order valence-electron chi connectivity index (χ1n) is 12.9. The number of methoxy groups -OCH3 is 1. The summed E-state index contributed by atoms with van der Waals surface area (Å²) in [5.41, 5.74) is 4.23. The molecule has 8 nitrogen and oxygen atoms in total. The lowest BCUT2D eigenvalue weighted by molar-refractivity contribution is 0.00489. The minimum Gasteiger partial charge on any atom is -0.467 e. The van der Waals surface area contributed by atoms with Gasteiger partial charge in [-0.3, -0.25) is 0 Å². The zero-order chi connectivity index (χ0) is 26.3. The summed E-state index contributed by atoms with van der Waals surface area (Å²) in [5, 5.41) is 9.93. The molecule has 1 unspecified atom stereocenters. The largest absolute Gasteiger partial charge is 0.467 e. The molecule has 1 amide bonds. The van der Waals surface area contributed by atoms with Crippen molar-refractivity contribution in [3.63, 3.8) is 0 Å². The van der Waals surface area contributed by atoms with Crippen molar-refractivity contribution in [2.24, 2.45) is 5.92 Å². The summed E-state index contributed by atoms with van der Waals surface area (Å²) < 4.78 is 16.6. The lowest BCUT2D eigenvalue weighted by Crippen LogP contribution is -2.48. The fourth-order valence-electron chi connectivity index (χ4n) is 5.79. The molecule has 0 spiro atoms. The predicted molar refractivity (Wildman–Crippen MR) is 144 cm³/mol. The third-order valence-electron chi connectivity index (χ3n) is 7.37. The number of nitrogens with zero attached hydrogens (tertiary/aromatic N) is 4. The second-order valence-electron chi connectivity index (χ2n) is 11.1. The van der Waals surface area contributed by atoms with Gasteiger partial charge in [-0.1, -0.05) is 17.7 Å². The van der Waals surface area contributed by atoms with Crippen molar-refractivity contribution < 1.29 is 19.0 Å². The second-order valence-corrected chi connectivity index (χ2v) is 11.6. The van der Waals surface area contributed by atoms with E-state index in [1.54, 1.807) is 13.2 Å². The molecule has 1 aromatic heterocycles. The lowest BCUT2D eigenvalue weighted by atomic mass is 9.81. The Morgan fingerprint density at radius 1 is 1.14 bits per heavy atom. The average molecular weight is 527 g/mol. The number of piperidine rings is 1. The van der Waals surface area contributed by atoms with E-state index in [2.05, 4.69) is 29.2 Å². The molecule has 198 valence electrons. The highest BCUT2D eigenvalue weighted by Crippen LogP contribution is 2.47. The lowest BCUT2D eigenvalue weighted by Gasteiger charge is -2.41. The minimum atomic E-state index is -0.491. The number of likely N-dealkylation sites (N-methyl/N-ethyl adjacent to an activating group) is 1. The van der Waals surface area contributed by atoms with Crippen LogP contribution in [-0.4, -0.2) is 66.4 Å². The Hall–Kier alpha value is -2.84. The van der Waals surface area contributed by atoms with Crippen LogP contribution < -0.4 is 9.64 Å². The first-order valence-corrected chi connectivity index (χ1v) is 13.2. The van der Waals surface area contributed by atoms with E-state index in [0.717, 1.165) is 54.9 Å². The number of benzene rings is 1. The summed E-state index contributed by atoms with van der Waals surface area (Å²) >= 11 is 6.21. The molecule has 2 saturated heterocycles. The van der Waals surface area contributed by atoms with Gasteiger partial charge >= 0.3 is 6.09 Å². The third kappa shape index (κ3) is 5.27. The Kier molecular flexibility index (Phi) is 7.07. The molecule has 4 heterocycles. The molecule has 0 N–H and O–H groups in total. The van der Waals surface area contributed by atoms with Crippen LogP contribution in [0.25, 0.3) is 16.8 Å². The number of hydrogen-bond acceptors (Lipinski definition) is 7. The molecule has 2 bridgehead atoms. The number of anilines is 1. The number of rotatable bonds is 5. The van der Waals surface area contributed by atoms with E-state index in [1.165, 1.54) is 5.57 Å². The SMILES string of the molecule is COCOc1cc(Cl)ccc1-c1cc2c(nn1)C(C1C[C@H]3CC[C@@H](C1)N3C(=O)OC(C)(C)C)=CCN2C. The molecule has 37 heavy (non-hydrogen) atoms. The van der Waals surface area contributed by atoms with E-state index in [4.69, 9.17) is 30.9 Å². The van der Waals surface area contributed by atoms with Crippen molar-refractivity contribution in [3.8, 4) is 17.0 Å². The highest BCUT2D eigenvalue weighted by molar-refractivity contribution is 6.30. The van der Waals surface area contributed by atoms with E-state index in [1.807, 2.05) is 37.8 Å².